The molecule has 5 heteroatoms. The zero-order valence-electron chi connectivity index (χ0n) is 8.35. The van der Waals surface area contributed by atoms with Crippen molar-refractivity contribution in [2.24, 2.45) is 0 Å². The first-order chi connectivity index (χ1) is 7.34. The quantitative estimate of drug-likeness (QED) is 0.717. The van der Waals surface area contributed by atoms with E-state index in [0.717, 1.165) is 25.9 Å². The van der Waals surface area contributed by atoms with E-state index in [1.54, 1.807) is 0 Å². The summed E-state index contributed by atoms with van der Waals surface area (Å²) in [4.78, 5) is 17.8. The Kier molecular flexibility index (Phi) is 1.98. The number of hydrogen-bond donors (Lipinski definition) is 1. The monoisotopic (exact) mass is 207 g/mol. The Morgan fingerprint density at radius 3 is 3.33 bits per heavy atom. The molecule has 3 rings (SSSR count). The van der Waals surface area contributed by atoms with Crippen LogP contribution in [0.25, 0.3) is 0 Å². The third-order valence-corrected chi connectivity index (χ3v) is 3.20. The van der Waals surface area contributed by atoms with Gasteiger partial charge in [0.25, 0.3) is 5.89 Å². The first kappa shape index (κ1) is 8.91. The van der Waals surface area contributed by atoms with Crippen molar-refractivity contribution in [3.63, 3.8) is 0 Å². The number of likely N-dealkylation sites (tertiary alicyclic amines) is 1. The second kappa shape index (κ2) is 3.34. The predicted molar refractivity (Wildman–Crippen MR) is 52.4 cm³/mol. The highest BCUT2D eigenvalue weighted by Crippen LogP contribution is 2.25. The molecule has 0 aromatic carbocycles. The molecule has 1 aromatic rings. The fourth-order valence-corrected chi connectivity index (χ4v) is 2.49. The average Bonchev–Trinajstić information content (AvgIpc) is 2.86. The minimum absolute atomic E-state index is 0.0730. The lowest BCUT2D eigenvalue weighted by Gasteiger charge is -2.23. The molecule has 0 radical (unpaired) electrons. The van der Waals surface area contributed by atoms with Crippen molar-refractivity contribution < 1.29 is 9.21 Å². The number of fused-ring (bicyclic) bond motifs is 2. The summed E-state index contributed by atoms with van der Waals surface area (Å²) in [5.41, 5.74) is 0. The van der Waals surface area contributed by atoms with Crippen LogP contribution in [0.2, 0.25) is 0 Å². The van der Waals surface area contributed by atoms with Gasteiger partial charge >= 0.3 is 5.91 Å². The SMILES string of the molecule is O=C(c1ncco1)N1CC2CC1CCN2. The Morgan fingerprint density at radius 1 is 1.67 bits per heavy atom. The minimum atomic E-state index is -0.0730. The number of amides is 1. The highest BCUT2D eigenvalue weighted by atomic mass is 16.4. The summed E-state index contributed by atoms with van der Waals surface area (Å²) in [7, 11) is 0. The summed E-state index contributed by atoms with van der Waals surface area (Å²) in [6.07, 6.45) is 5.04. The number of carbonyl (C=O) groups is 1. The molecule has 0 saturated carbocycles. The van der Waals surface area contributed by atoms with E-state index in [-0.39, 0.29) is 11.8 Å². The van der Waals surface area contributed by atoms with Gasteiger partial charge in [0.2, 0.25) is 0 Å². The van der Waals surface area contributed by atoms with Gasteiger partial charge in [-0.3, -0.25) is 4.79 Å². The number of carbonyl (C=O) groups excluding carboxylic acids is 1. The van der Waals surface area contributed by atoms with E-state index >= 15 is 0 Å². The van der Waals surface area contributed by atoms with Crippen LogP contribution < -0.4 is 5.32 Å². The van der Waals surface area contributed by atoms with Gasteiger partial charge in [-0.15, -0.1) is 0 Å². The number of rotatable bonds is 1. The molecular weight excluding hydrogens is 194 g/mol. The van der Waals surface area contributed by atoms with Crippen molar-refractivity contribution in [2.45, 2.75) is 24.9 Å². The maximum atomic E-state index is 12.0. The molecule has 1 amide bonds. The molecule has 5 nitrogen and oxygen atoms in total. The van der Waals surface area contributed by atoms with Crippen molar-refractivity contribution >= 4 is 5.91 Å². The van der Waals surface area contributed by atoms with Crippen LogP contribution >= 0.6 is 0 Å². The molecule has 2 fully saturated rings. The van der Waals surface area contributed by atoms with Gasteiger partial charge in [0.1, 0.15) is 6.26 Å². The molecule has 2 aliphatic rings. The van der Waals surface area contributed by atoms with E-state index in [9.17, 15) is 4.79 Å². The molecule has 2 aliphatic heterocycles. The normalized spacial score (nSPS) is 29.5. The van der Waals surface area contributed by atoms with Crippen LogP contribution in [-0.4, -0.2) is 41.0 Å². The average molecular weight is 207 g/mol. The maximum Gasteiger partial charge on any atom is 0.310 e. The zero-order chi connectivity index (χ0) is 10.3. The maximum absolute atomic E-state index is 12.0. The van der Waals surface area contributed by atoms with Gasteiger partial charge in [-0.2, -0.15) is 0 Å². The van der Waals surface area contributed by atoms with E-state index in [4.69, 9.17) is 4.42 Å². The van der Waals surface area contributed by atoms with Crippen LogP contribution in [0.3, 0.4) is 0 Å². The number of nitrogens with zero attached hydrogens (tertiary/aromatic N) is 2. The molecule has 2 saturated heterocycles. The van der Waals surface area contributed by atoms with Crippen molar-refractivity contribution in [1.82, 2.24) is 15.2 Å². The van der Waals surface area contributed by atoms with Gasteiger partial charge in [-0.25, -0.2) is 4.98 Å². The molecule has 2 unspecified atom stereocenters. The minimum Gasteiger partial charge on any atom is -0.441 e. The lowest BCUT2D eigenvalue weighted by atomic mass is 10.1. The Labute approximate surface area is 87.5 Å². The third-order valence-electron chi connectivity index (χ3n) is 3.20. The van der Waals surface area contributed by atoms with Gasteiger partial charge in [0.05, 0.1) is 6.20 Å². The van der Waals surface area contributed by atoms with E-state index < -0.39 is 0 Å². The van der Waals surface area contributed by atoms with Gasteiger partial charge in [-0.1, -0.05) is 0 Å². The lowest BCUT2D eigenvalue weighted by Crippen LogP contribution is -2.36. The predicted octanol–water partition coefficient (Wildman–Crippen LogP) is 0.251. The summed E-state index contributed by atoms with van der Waals surface area (Å²) in [6, 6.07) is 0.832. The van der Waals surface area contributed by atoms with Gasteiger partial charge in [0.15, 0.2) is 0 Å². The summed E-state index contributed by atoms with van der Waals surface area (Å²) in [5, 5.41) is 3.40. The van der Waals surface area contributed by atoms with Crippen LogP contribution in [-0.2, 0) is 0 Å². The van der Waals surface area contributed by atoms with E-state index in [2.05, 4.69) is 10.3 Å². The van der Waals surface area contributed by atoms with Gasteiger partial charge < -0.3 is 14.6 Å². The topological polar surface area (TPSA) is 58.4 Å². The molecule has 2 atom stereocenters. The number of piperidine rings is 1. The molecule has 1 N–H and O–H groups in total. The molecule has 1 aromatic heterocycles. The van der Waals surface area contributed by atoms with E-state index in [0.29, 0.717) is 12.1 Å². The molecule has 3 heterocycles. The van der Waals surface area contributed by atoms with Crippen molar-refractivity contribution in [3.8, 4) is 0 Å². The van der Waals surface area contributed by atoms with Gasteiger partial charge in [0, 0.05) is 18.6 Å². The second-order valence-corrected chi connectivity index (χ2v) is 4.12. The smallest absolute Gasteiger partial charge is 0.310 e. The first-order valence-corrected chi connectivity index (χ1v) is 5.28. The van der Waals surface area contributed by atoms with Crippen LogP contribution in [0.1, 0.15) is 23.5 Å². The highest BCUT2D eigenvalue weighted by molar-refractivity contribution is 5.90. The third kappa shape index (κ3) is 1.43. The summed E-state index contributed by atoms with van der Waals surface area (Å²) in [6.45, 7) is 1.79. The molecule has 80 valence electrons. The van der Waals surface area contributed by atoms with Crippen LogP contribution in [0, 0.1) is 0 Å². The van der Waals surface area contributed by atoms with E-state index in [1.807, 2.05) is 4.90 Å². The van der Waals surface area contributed by atoms with Gasteiger partial charge in [-0.05, 0) is 19.4 Å². The Hall–Kier alpha value is -1.36. The van der Waals surface area contributed by atoms with Crippen LogP contribution in [0.15, 0.2) is 16.9 Å². The van der Waals surface area contributed by atoms with E-state index in [1.165, 1.54) is 12.5 Å². The fourth-order valence-electron chi connectivity index (χ4n) is 2.49. The fraction of sp³-hybridized carbons (Fsp3) is 0.600. The molecule has 2 bridgehead atoms. The zero-order valence-corrected chi connectivity index (χ0v) is 8.35. The second-order valence-electron chi connectivity index (χ2n) is 4.12. The number of hydrogen-bond acceptors (Lipinski definition) is 4. The number of nitrogens with one attached hydrogen (secondary N) is 1. The Morgan fingerprint density at radius 2 is 2.60 bits per heavy atom. The summed E-state index contributed by atoms with van der Waals surface area (Å²) < 4.78 is 5.03. The summed E-state index contributed by atoms with van der Waals surface area (Å²) >= 11 is 0. The van der Waals surface area contributed by atoms with Crippen LogP contribution in [0.5, 0.6) is 0 Å². The first-order valence-electron chi connectivity index (χ1n) is 5.28. The lowest BCUT2D eigenvalue weighted by molar-refractivity contribution is 0.0695. The highest BCUT2D eigenvalue weighted by Gasteiger charge is 2.39. The Balaban J connectivity index is 1.80. The van der Waals surface area contributed by atoms with Crippen molar-refractivity contribution in [3.05, 3.63) is 18.4 Å². The molecule has 0 aliphatic carbocycles. The standard InChI is InChI=1S/C10H13N3O2/c14-10(9-12-3-4-15-9)13-6-7-5-8(13)1-2-11-7/h3-4,7-8,11H,1-2,5-6H2. The van der Waals surface area contributed by atoms with Crippen molar-refractivity contribution in [1.29, 1.82) is 0 Å². The largest absolute Gasteiger partial charge is 0.441 e. The van der Waals surface area contributed by atoms with Crippen LogP contribution in [0.4, 0.5) is 0 Å². The van der Waals surface area contributed by atoms with Crippen molar-refractivity contribution in [2.75, 3.05) is 13.1 Å². The summed E-state index contributed by atoms with van der Waals surface area (Å²) in [5.74, 6) is 0.138. The Bertz CT molecular complexity index is 363. The number of oxazole rings is 1. The molecular formula is C10H13N3O2. The molecule has 15 heavy (non-hydrogen) atoms. The molecule has 0 spiro atoms. The number of aromatic nitrogens is 1.